The molecule has 0 saturated carbocycles. The molecule has 140 valence electrons. The van der Waals surface area contributed by atoms with Crippen LogP contribution in [0.3, 0.4) is 0 Å². The highest BCUT2D eigenvalue weighted by atomic mass is 32.1. The summed E-state index contributed by atoms with van der Waals surface area (Å²) < 4.78 is 28.1. The number of carbonyl (C=O) groups excluding carboxylic acids is 1. The van der Waals surface area contributed by atoms with Crippen molar-refractivity contribution in [2.45, 2.75) is 13.3 Å². The minimum absolute atomic E-state index is 0.0862. The Balaban J connectivity index is 1.46. The normalized spacial score (nSPS) is 14.8. The van der Waals surface area contributed by atoms with Crippen LogP contribution in [-0.4, -0.2) is 42.0 Å². The summed E-state index contributed by atoms with van der Waals surface area (Å²) in [4.78, 5) is 21.0. The Morgan fingerprint density at radius 3 is 2.59 bits per heavy atom. The molecule has 0 unspecified atom stereocenters. The first kappa shape index (κ1) is 17.9. The molecule has 0 spiro atoms. The van der Waals surface area contributed by atoms with Crippen LogP contribution in [0.15, 0.2) is 36.4 Å². The third-order valence-corrected chi connectivity index (χ3v) is 5.93. The number of halogens is 2. The van der Waals surface area contributed by atoms with Crippen LogP contribution in [0.5, 0.6) is 0 Å². The third-order valence-electron chi connectivity index (χ3n) is 4.85. The minimum Gasteiger partial charge on any atom is -0.345 e. The number of anilines is 1. The summed E-state index contributed by atoms with van der Waals surface area (Å²) in [6, 6.07) is 9.38. The summed E-state index contributed by atoms with van der Waals surface area (Å²) in [5, 5.41) is 0.943. The monoisotopic (exact) mass is 387 g/mol. The van der Waals surface area contributed by atoms with Gasteiger partial charge in [-0.15, -0.1) is 0 Å². The average molecular weight is 387 g/mol. The van der Waals surface area contributed by atoms with Crippen molar-refractivity contribution in [2.75, 3.05) is 31.1 Å². The smallest absolute Gasteiger partial charge is 0.256 e. The number of rotatable bonds is 3. The predicted octanol–water partition coefficient (Wildman–Crippen LogP) is 4.10. The van der Waals surface area contributed by atoms with Gasteiger partial charge in [-0.05, 0) is 36.2 Å². The molecule has 7 heteroatoms. The van der Waals surface area contributed by atoms with Crippen LogP contribution in [0.25, 0.3) is 10.2 Å². The second kappa shape index (κ2) is 7.23. The molecule has 1 fully saturated rings. The Kier molecular flexibility index (Phi) is 4.78. The van der Waals surface area contributed by atoms with Gasteiger partial charge in [0, 0.05) is 32.2 Å². The van der Waals surface area contributed by atoms with Crippen molar-refractivity contribution in [3.8, 4) is 0 Å². The largest absolute Gasteiger partial charge is 0.345 e. The van der Waals surface area contributed by atoms with Gasteiger partial charge in [-0.2, -0.15) is 0 Å². The van der Waals surface area contributed by atoms with E-state index in [9.17, 15) is 13.6 Å². The fourth-order valence-corrected chi connectivity index (χ4v) is 4.33. The van der Waals surface area contributed by atoms with Gasteiger partial charge in [-0.3, -0.25) is 4.79 Å². The molecule has 1 aromatic heterocycles. The van der Waals surface area contributed by atoms with Crippen LogP contribution in [0.4, 0.5) is 13.9 Å². The maximum absolute atomic E-state index is 13.9. The second-order valence-electron chi connectivity index (χ2n) is 6.56. The van der Waals surface area contributed by atoms with E-state index < -0.39 is 17.5 Å². The summed E-state index contributed by atoms with van der Waals surface area (Å²) in [5.74, 6) is -1.90. The van der Waals surface area contributed by atoms with Gasteiger partial charge >= 0.3 is 0 Å². The van der Waals surface area contributed by atoms with E-state index in [4.69, 9.17) is 4.98 Å². The number of nitrogens with zero attached hydrogens (tertiary/aromatic N) is 3. The molecule has 2 heterocycles. The third kappa shape index (κ3) is 3.51. The number of hydrogen-bond donors (Lipinski definition) is 0. The number of benzene rings is 2. The standard InChI is InChI=1S/C20H19F2N3OS/c1-2-13-3-6-17-18(11-13)27-20(23-17)25-9-7-24(8-10-25)19(26)15-5-4-14(21)12-16(15)22/h3-6,11-12H,2,7-10H2,1H3. The predicted molar refractivity (Wildman–Crippen MR) is 103 cm³/mol. The van der Waals surface area contributed by atoms with Crippen LogP contribution in [-0.2, 0) is 6.42 Å². The fourth-order valence-electron chi connectivity index (χ4n) is 3.25. The molecule has 0 bridgehead atoms. The molecular weight excluding hydrogens is 368 g/mol. The highest BCUT2D eigenvalue weighted by molar-refractivity contribution is 7.22. The van der Waals surface area contributed by atoms with Crippen LogP contribution in [0.1, 0.15) is 22.8 Å². The number of fused-ring (bicyclic) bond motifs is 1. The maximum Gasteiger partial charge on any atom is 0.256 e. The molecule has 0 radical (unpaired) electrons. The van der Waals surface area contributed by atoms with Crippen molar-refractivity contribution in [3.63, 3.8) is 0 Å². The summed E-state index contributed by atoms with van der Waals surface area (Å²) in [7, 11) is 0. The van der Waals surface area contributed by atoms with Crippen molar-refractivity contribution < 1.29 is 13.6 Å². The topological polar surface area (TPSA) is 36.4 Å². The quantitative estimate of drug-likeness (QED) is 0.679. The van der Waals surface area contributed by atoms with Gasteiger partial charge in [-0.1, -0.05) is 24.3 Å². The lowest BCUT2D eigenvalue weighted by Crippen LogP contribution is -2.49. The Labute approximate surface area is 160 Å². The zero-order valence-corrected chi connectivity index (χ0v) is 15.7. The Morgan fingerprint density at radius 1 is 1.11 bits per heavy atom. The highest BCUT2D eigenvalue weighted by Crippen LogP contribution is 2.30. The van der Waals surface area contributed by atoms with Crippen molar-refractivity contribution in [2.24, 2.45) is 0 Å². The number of aromatic nitrogens is 1. The Morgan fingerprint density at radius 2 is 1.89 bits per heavy atom. The molecule has 1 saturated heterocycles. The zero-order valence-electron chi connectivity index (χ0n) is 14.9. The van der Waals surface area contributed by atoms with Gasteiger partial charge in [0.2, 0.25) is 0 Å². The van der Waals surface area contributed by atoms with E-state index in [-0.39, 0.29) is 5.56 Å². The summed E-state index contributed by atoms with van der Waals surface area (Å²) in [6.45, 7) is 4.35. The Bertz CT molecular complexity index is 996. The van der Waals surface area contributed by atoms with E-state index in [1.807, 2.05) is 6.07 Å². The van der Waals surface area contributed by atoms with Crippen molar-refractivity contribution in [3.05, 3.63) is 59.2 Å². The molecule has 0 atom stereocenters. The number of thiazole rings is 1. The molecular formula is C20H19F2N3OS. The molecule has 4 rings (SSSR count). The van der Waals surface area contributed by atoms with Gasteiger partial charge in [0.25, 0.3) is 5.91 Å². The van der Waals surface area contributed by atoms with Crippen LogP contribution < -0.4 is 4.90 Å². The van der Waals surface area contributed by atoms with Crippen molar-refractivity contribution in [1.82, 2.24) is 9.88 Å². The van der Waals surface area contributed by atoms with Gasteiger partial charge in [-0.25, -0.2) is 13.8 Å². The first-order chi connectivity index (χ1) is 13.0. The molecule has 4 nitrogen and oxygen atoms in total. The number of hydrogen-bond acceptors (Lipinski definition) is 4. The summed E-state index contributed by atoms with van der Waals surface area (Å²) in [6.07, 6.45) is 0.990. The SMILES string of the molecule is CCc1ccc2nc(N3CCN(C(=O)c4ccc(F)cc4F)CC3)sc2c1. The van der Waals surface area contributed by atoms with Crippen molar-refractivity contribution >= 4 is 32.6 Å². The maximum atomic E-state index is 13.9. The van der Waals surface area contributed by atoms with Gasteiger partial charge in [0.1, 0.15) is 11.6 Å². The molecule has 1 aliphatic rings. The lowest BCUT2D eigenvalue weighted by atomic mass is 10.1. The number of aryl methyl sites for hydroxylation is 1. The summed E-state index contributed by atoms with van der Waals surface area (Å²) >= 11 is 1.65. The number of amides is 1. The number of piperazine rings is 1. The minimum atomic E-state index is -0.819. The molecule has 1 amide bonds. The lowest BCUT2D eigenvalue weighted by molar-refractivity contribution is 0.0742. The molecule has 27 heavy (non-hydrogen) atoms. The van der Waals surface area contributed by atoms with Gasteiger partial charge in [0.15, 0.2) is 5.13 Å². The molecule has 3 aromatic rings. The Hall–Kier alpha value is -2.54. The van der Waals surface area contributed by atoms with Gasteiger partial charge < -0.3 is 9.80 Å². The first-order valence-corrected chi connectivity index (χ1v) is 9.75. The molecule has 1 aliphatic heterocycles. The summed E-state index contributed by atoms with van der Waals surface area (Å²) in [5.41, 5.74) is 2.19. The first-order valence-electron chi connectivity index (χ1n) is 8.94. The number of carbonyl (C=O) groups is 1. The second-order valence-corrected chi connectivity index (χ2v) is 7.56. The molecule has 0 aliphatic carbocycles. The van der Waals surface area contributed by atoms with Crippen LogP contribution in [0.2, 0.25) is 0 Å². The van der Waals surface area contributed by atoms with Crippen LogP contribution in [0, 0.1) is 11.6 Å². The van der Waals surface area contributed by atoms with E-state index in [0.717, 1.165) is 33.9 Å². The van der Waals surface area contributed by atoms with Crippen LogP contribution >= 0.6 is 11.3 Å². The average Bonchev–Trinajstić information content (AvgIpc) is 3.11. The van der Waals surface area contributed by atoms with E-state index in [1.54, 1.807) is 16.2 Å². The van der Waals surface area contributed by atoms with Crippen molar-refractivity contribution in [1.29, 1.82) is 0 Å². The fraction of sp³-hybridized carbons (Fsp3) is 0.300. The van der Waals surface area contributed by atoms with E-state index in [1.165, 1.54) is 11.6 Å². The van der Waals surface area contributed by atoms with E-state index >= 15 is 0 Å². The lowest BCUT2D eigenvalue weighted by Gasteiger charge is -2.34. The van der Waals surface area contributed by atoms with E-state index in [2.05, 4.69) is 24.0 Å². The van der Waals surface area contributed by atoms with Gasteiger partial charge in [0.05, 0.1) is 15.8 Å². The van der Waals surface area contributed by atoms with E-state index in [0.29, 0.717) is 26.2 Å². The highest BCUT2D eigenvalue weighted by Gasteiger charge is 2.25. The molecule has 0 N–H and O–H groups in total. The zero-order chi connectivity index (χ0) is 19.0. The molecule has 2 aromatic carbocycles.